The molecule has 0 spiro atoms. The van der Waals surface area contributed by atoms with E-state index in [1.54, 1.807) is 0 Å². The van der Waals surface area contributed by atoms with E-state index < -0.39 is 5.97 Å². The number of aromatic amines is 1. The monoisotopic (exact) mass is 196 g/mol. The van der Waals surface area contributed by atoms with Crippen molar-refractivity contribution in [2.24, 2.45) is 0 Å². The Morgan fingerprint density at radius 2 is 2.21 bits per heavy atom. The molecule has 0 fully saturated rings. The van der Waals surface area contributed by atoms with Gasteiger partial charge in [-0.2, -0.15) is 5.10 Å². The van der Waals surface area contributed by atoms with Crippen molar-refractivity contribution < 1.29 is 9.90 Å². The van der Waals surface area contributed by atoms with Crippen molar-refractivity contribution in [3.05, 3.63) is 17.0 Å². The normalized spacial score (nSPS) is 10.9. The van der Waals surface area contributed by atoms with Gasteiger partial charge in [0.05, 0.1) is 12.1 Å². The van der Waals surface area contributed by atoms with Gasteiger partial charge in [0.1, 0.15) is 0 Å². The second-order valence-corrected chi connectivity index (χ2v) is 3.76. The van der Waals surface area contributed by atoms with Gasteiger partial charge >= 0.3 is 5.97 Å². The van der Waals surface area contributed by atoms with Crippen LogP contribution in [0.15, 0.2) is 0 Å². The standard InChI is InChI=1S/C10H16N2O2/c1-6(2)10-7(3)8(11-12-10)4-5-9(13)14/h6H,4-5H2,1-3H3,(H,11,12)(H,13,14). The molecule has 0 aliphatic heterocycles. The third-order valence-corrected chi connectivity index (χ3v) is 2.28. The minimum atomic E-state index is -0.773. The maximum atomic E-state index is 10.4. The Morgan fingerprint density at radius 3 is 2.64 bits per heavy atom. The number of carbonyl (C=O) groups is 1. The van der Waals surface area contributed by atoms with E-state index in [1.165, 1.54) is 0 Å². The molecule has 0 bridgehead atoms. The van der Waals surface area contributed by atoms with E-state index in [2.05, 4.69) is 24.0 Å². The Labute approximate surface area is 83.3 Å². The van der Waals surface area contributed by atoms with E-state index in [0.717, 1.165) is 17.0 Å². The van der Waals surface area contributed by atoms with E-state index in [1.807, 2.05) is 6.92 Å². The summed E-state index contributed by atoms with van der Waals surface area (Å²) in [6.45, 7) is 6.13. The summed E-state index contributed by atoms with van der Waals surface area (Å²) in [5.74, 6) is -0.394. The predicted octanol–water partition coefficient (Wildman–Crippen LogP) is 1.86. The first kappa shape index (κ1) is 10.8. The van der Waals surface area contributed by atoms with Gasteiger partial charge in [0.25, 0.3) is 0 Å². The number of nitrogens with one attached hydrogen (secondary N) is 1. The molecule has 0 saturated heterocycles. The molecular formula is C10H16N2O2. The van der Waals surface area contributed by atoms with Crippen LogP contribution in [0, 0.1) is 6.92 Å². The molecule has 0 aliphatic rings. The zero-order valence-corrected chi connectivity index (χ0v) is 8.79. The van der Waals surface area contributed by atoms with Crippen LogP contribution in [0.3, 0.4) is 0 Å². The maximum absolute atomic E-state index is 10.4. The van der Waals surface area contributed by atoms with Crippen molar-refractivity contribution in [1.29, 1.82) is 0 Å². The van der Waals surface area contributed by atoms with Gasteiger partial charge in [-0.15, -0.1) is 0 Å². The summed E-state index contributed by atoms with van der Waals surface area (Å²) in [6.07, 6.45) is 0.682. The number of rotatable bonds is 4. The van der Waals surface area contributed by atoms with Crippen molar-refractivity contribution in [1.82, 2.24) is 10.2 Å². The van der Waals surface area contributed by atoms with E-state index in [-0.39, 0.29) is 6.42 Å². The molecular weight excluding hydrogens is 180 g/mol. The summed E-state index contributed by atoms with van der Waals surface area (Å²) in [4.78, 5) is 10.4. The molecule has 1 heterocycles. The molecule has 0 aliphatic carbocycles. The van der Waals surface area contributed by atoms with Gasteiger partial charge in [-0.1, -0.05) is 13.8 Å². The zero-order valence-electron chi connectivity index (χ0n) is 8.79. The highest BCUT2D eigenvalue weighted by Crippen LogP contribution is 2.19. The zero-order chi connectivity index (χ0) is 10.7. The molecule has 1 rings (SSSR count). The highest BCUT2D eigenvalue weighted by atomic mass is 16.4. The van der Waals surface area contributed by atoms with Crippen LogP contribution < -0.4 is 0 Å². The number of carboxylic acid groups (broad SMARTS) is 1. The largest absolute Gasteiger partial charge is 0.481 e. The lowest BCUT2D eigenvalue weighted by Gasteiger charge is -2.01. The minimum absolute atomic E-state index is 0.153. The van der Waals surface area contributed by atoms with Crippen molar-refractivity contribution in [2.75, 3.05) is 0 Å². The first-order chi connectivity index (χ1) is 6.52. The number of nitrogens with zero attached hydrogens (tertiary/aromatic N) is 1. The SMILES string of the molecule is Cc1c(C(C)C)n[nH]c1CCC(=O)O. The van der Waals surface area contributed by atoms with Crippen LogP contribution in [0.2, 0.25) is 0 Å². The van der Waals surface area contributed by atoms with Gasteiger partial charge in [0.2, 0.25) is 0 Å². The fourth-order valence-electron chi connectivity index (χ4n) is 1.49. The smallest absolute Gasteiger partial charge is 0.303 e. The number of hydrogen-bond acceptors (Lipinski definition) is 2. The average Bonchev–Trinajstić information content (AvgIpc) is 2.43. The molecule has 14 heavy (non-hydrogen) atoms. The first-order valence-corrected chi connectivity index (χ1v) is 4.78. The maximum Gasteiger partial charge on any atom is 0.303 e. The Morgan fingerprint density at radius 1 is 1.57 bits per heavy atom. The molecule has 0 unspecified atom stereocenters. The van der Waals surface area contributed by atoms with Gasteiger partial charge < -0.3 is 5.11 Å². The lowest BCUT2D eigenvalue weighted by molar-refractivity contribution is -0.136. The summed E-state index contributed by atoms with van der Waals surface area (Å²) >= 11 is 0. The number of aryl methyl sites for hydroxylation is 1. The third-order valence-electron chi connectivity index (χ3n) is 2.28. The van der Waals surface area contributed by atoms with Gasteiger partial charge in [-0.05, 0) is 24.8 Å². The van der Waals surface area contributed by atoms with Crippen LogP contribution in [0.1, 0.15) is 43.1 Å². The average molecular weight is 196 g/mol. The van der Waals surface area contributed by atoms with E-state index in [4.69, 9.17) is 5.11 Å². The van der Waals surface area contributed by atoms with Gasteiger partial charge in [0.15, 0.2) is 0 Å². The summed E-state index contributed by atoms with van der Waals surface area (Å²) in [5.41, 5.74) is 3.07. The van der Waals surface area contributed by atoms with Crippen LogP contribution in [-0.4, -0.2) is 21.3 Å². The van der Waals surface area contributed by atoms with Gasteiger partial charge in [-0.3, -0.25) is 9.89 Å². The molecule has 0 aromatic carbocycles. The number of hydrogen-bond donors (Lipinski definition) is 2. The van der Waals surface area contributed by atoms with Gasteiger partial charge in [-0.25, -0.2) is 0 Å². The molecule has 1 aromatic heterocycles. The number of aromatic nitrogens is 2. The van der Waals surface area contributed by atoms with Crippen LogP contribution in [0.25, 0.3) is 0 Å². The molecule has 2 N–H and O–H groups in total. The fraction of sp³-hybridized carbons (Fsp3) is 0.600. The second-order valence-electron chi connectivity index (χ2n) is 3.76. The first-order valence-electron chi connectivity index (χ1n) is 4.78. The fourth-order valence-corrected chi connectivity index (χ4v) is 1.49. The molecule has 0 amide bonds. The third kappa shape index (κ3) is 2.34. The van der Waals surface area contributed by atoms with E-state index in [9.17, 15) is 4.79 Å². The Hall–Kier alpha value is -1.32. The summed E-state index contributed by atoms with van der Waals surface area (Å²) in [5, 5.41) is 15.6. The molecule has 0 radical (unpaired) electrons. The highest BCUT2D eigenvalue weighted by Gasteiger charge is 2.12. The Bertz CT molecular complexity index is 329. The molecule has 1 aromatic rings. The molecule has 4 heteroatoms. The topological polar surface area (TPSA) is 66.0 Å². The highest BCUT2D eigenvalue weighted by molar-refractivity contribution is 5.67. The Kier molecular flexibility index (Phi) is 3.28. The Balaban J connectivity index is 2.74. The lowest BCUT2D eigenvalue weighted by atomic mass is 10.0. The van der Waals surface area contributed by atoms with Crippen LogP contribution >= 0.6 is 0 Å². The van der Waals surface area contributed by atoms with E-state index >= 15 is 0 Å². The van der Waals surface area contributed by atoms with E-state index in [0.29, 0.717) is 12.3 Å². The summed E-state index contributed by atoms with van der Waals surface area (Å²) in [7, 11) is 0. The number of aliphatic carboxylic acids is 1. The van der Waals surface area contributed by atoms with Crippen molar-refractivity contribution in [3.8, 4) is 0 Å². The number of H-pyrrole nitrogens is 1. The molecule has 4 nitrogen and oxygen atoms in total. The summed E-state index contributed by atoms with van der Waals surface area (Å²) < 4.78 is 0. The molecule has 0 saturated carbocycles. The molecule has 78 valence electrons. The lowest BCUT2D eigenvalue weighted by Crippen LogP contribution is -1.99. The quantitative estimate of drug-likeness (QED) is 0.772. The van der Waals surface area contributed by atoms with Gasteiger partial charge in [0, 0.05) is 5.69 Å². The number of carboxylic acids is 1. The minimum Gasteiger partial charge on any atom is -0.481 e. The molecule has 0 atom stereocenters. The van der Waals surface area contributed by atoms with Crippen LogP contribution in [-0.2, 0) is 11.2 Å². The van der Waals surface area contributed by atoms with Crippen molar-refractivity contribution >= 4 is 5.97 Å². The van der Waals surface area contributed by atoms with Crippen LogP contribution in [0.5, 0.6) is 0 Å². The second kappa shape index (κ2) is 4.26. The van der Waals surface area contributed by atoms with Crippen molar-refractivity contribution in [2.45, 2.75) is 39.5 Å². The van der Waals surface area contributed by atoms with Crippen LogP contribution in [0.4, 0.5) is 0 Å². The van der Waals surface area contributed by atoms with Crippen molar-refractivity contribution in [3.63, 3.8) is 0 Å². The predicted molar refractivity (Wildman–Crippen MR) is 53.4 cm³/mol. The summed E-state index contributed by atoms with van der Waals surface area (Å²) in [6, 6.07) is 0.